The van der Waals surface area contributed by atoms with Gasteiger partial charge >= 0.3 is 0 Å². The number of pyridine rings is 1. The summed E-state index contributed by atoms with van der Waals surface area (Å²) in [6.45, 7) is -0.199. The molecule has 0 aliphatic heterocycles. The molecule has 2 aromatic rings. The van der Waals surface area contributed by atoms with E-state index < -0.39 is 17.6 Å². The summed E-state index contributed by atoms with van der Waals surface area (Å²) >= 11 is 0. The SMILES string of the molecule is N#Cc1ccc(COc2ccc(F)c(F)n2)c(F)c1. The van der Waals surface area contributed by atoms with Crippen LogP contribution in [0, 0.1) is 28.9 Å². The Morgan fingerprint density at radius 2 is 1.89 bits per heavy atom. The molecule has 96 valence electrons. The molecule has 0 N–H and O–H groups in total. The highest BCUT2D eigenvalue weighted by Gasteiger charge is 2.08. The van der Waals surface area contributed by atoms with Gasteiger partial charge in [0.05, 0.1) is 11.6 Å². The zero-order valence-corrected chi connectivity index (χ0v) is 9.53. The summed E-state index contributed by atoms with van der Waals surface area (Å²) in [6, 6.07) is 7.69. The van der Waals surface area contributed by atoms with Gasteiger partial charge in [0, 0.05) is 11.6 Å². The lowest BCUT2D eigenvalue weighted by Gasteiger charge is -2.06. The highest BCUT2D eigenvalue weighted by atomic mass is 19.2. The van der Waals surface area contributed by atoms with Gasteiger partial charge in [0.25, 0.3) is 5.95 Å². The minimum Gasteiger partial charge on any atom is -0.473 e. The first-order chi connectivity index (χ1) is 9.10. The molecular formula is C13H7F3N2O. The molecule has 0 amide bonds. The normalized spacial score (nSPS) is 10.0. The van der Waals surface area contributed by atoms with Crippen LogP contribution >= 0.6 is 0 Å². The Kier molecular flexibility index (Phi) is 3.66. The standard InChI is InChI=1S/C13H7F3N2O/c14-10-3-4-12(18-13(10)16)19-7-9-2-1-8(6-17)5-11(9)15/h1-5H,7H2. The first-order valence-electron chi connectivity index (χ1n) is 5.23. The van der Waals surface area contributed by atoms with Crippen molar-refractivity contribution in [2.24, 2.45) is 0 Å². The smallest absolute Gasteiger partial charge is 0.252 e. The van der Waals surface area contributed by atoms with E-state index in [4.69, 9.17) is 10.00 Å². The number of nitriles is 1. The summed E-state index contributed by atoms with van der Waals surface area (Å²) in [6.07, 6.45) is 0. The fourth-order valence-corrected chi connectivity index (χ4v) is 1.37. The van der Waals surface area contributed by atoms with Crippen molar-refractivity contribution >= 4 is 0 Å². The molecular weight excluding hydrogens is 257 g/mol. The molecule has 0 bridgehead atoms. The molecule has 0 spiro atoms. The third-order valence-electron chi connectivity index (χ3n) is 2.34. The summed E-state index contributed by atoms with van der Waals surface area (Å²) < 4.78 is 44.0. The Morgan fingerprint density at radius 1 is 1.11 bits per heavy atom. The molecule has 2 rings (SSSR count). The topological polar surface area (TPSA) is 45.9 Å². The number of rotatable bonds is 3. The number of benzene rings is 1. The maximum Gasteiger partial charge on any atom is 0.252 e. The van der Waals surface area contributed by atoms with Gasteiger partial charge in [-0.3, -0.25) is 0 Å². The number of halogens is 3. The molecule has 0 aliphatic carbocycles. The Bertz CT molecular complexity index is 653. The van der Waals surface area contributed by atoms with E-state index in [9.17, 15) is 13.2 Å². The largest absolute Gasteiger partial charge is 0.473 e. The quantitative estimate of drug-likeness (QED) is 0.801. The summed E-state index contributed by atoms with van der Waals surface area (Å²) in [5.41, 5.74) is 0.373. The van der Waals surface area contributed by atoms with E-state index in [1.54, 1.807) is 6.07 Å². The number of nitrogens with zero attached hydrogens (tertiary/aromatic N) is 2. The van der Waals surface area contributed by atoms with E-state index in [-0.39, 0.29) is 23.6 Å². The van der Waals surface area contributed by atoms with Gasteiger partial charge in [-0.1, -0.05) is 6.07 Å². The average Bonchev–Trinajstić information content (AvgIpc) is 2.41. The van der Waals surface area contributed by atoms with Gasteiger partial charge < -0.3 is 4.74 Å². The Morgan fingerprint density at radius 3 is 2.53 bits per heavy atom. The van der Waals surface area contributed by atoms with Crippen LogP contribution in [0.5, 0.6) is 5.88 Å². The molecule has 0 saturated carbocycles. The first-order valence-corrected chi connectivity index (χ1v) is 5.23. The molecule has 1 heterocycles. The molecule has 0 atom stereocenters. The summed E-state index contributed by atoms with van der Waals surface area (Å²) in [4.78, 5) is 3.21. The third-order valence-corrected chi connectivity index (χ3v) is 2.34. The second-order valence-electron chi connectivity index (χ2n) is 3.63. The lowest BCUT2D eigenvalue weighted by molar-refractivity contribution is 0.281. The second kappa shape index (κ2) is 5.40. The highest BCUT2D eigenvalue weighted by Crippen LogP contribution is 2.15. The van der Waals surface area contributed by atoms with Crippen LogP contribution in [-0.4, -0.2) is 4.98 Å². The first kappa shape index (κ1) is 12.9. The summed E-state index contributed by atoms with van der Waals surface area (Å²) in [5.74, 6) is -3.13. The maximum absolute atomic E-state index is 13.5. The molecule has 1 aromatic heterocycles. The van der Waals surface area contributed by atoms with Gasteiger partial charge in [-0.25, -0.2) is 8.78 Å². The van der Waals surface area contributed by atoms with Crippen LogP contribution in [0.3, 0.4) is 0 Å². The van der Waals surface area contributed by atoms with Crippen LogP contribution in [-0.2, 0) is 6.61 Å². The highest BCUT2D eigenvalue weighted by molar-refractivity contribution is 5.32. The number of ether oxygens (including phenoxy) is 1. The van der Waals surface area contributed by atoms with Gasteiger partial charge in [-0.2, -0.15) is 14.6 Å². The molecule has 19 heavy (non-hydrogen) atoms. The molecule has 0 aliphatic rings. The van der Waals surface area contributed by atoms with Gasteiger partial charge in [-0.15, -0.1) is 0 Å². The Balaban J connectivity index is 2.10. The molecule has 3 nitrogen and oxygen atoms in total. The van der Waals surface area contributed by atoms with E-state index in [2.05, 4.69) is 4.98 Å². The van der Waals surface area contributed by atoms with Crippen molar-refractivity contribution in [1.29, 1.82) is 5.26 Å². The van der Waals surface area contributed by atoms with Crippen molar-refractivity contribution in [3.8, 4) is 11.9 Å². The van der Waals surface area contributed by atoms with Crippen LogP contribution in [0.25, 0.3) is 0 Å². The van der Waals surface area contributed by atoms with Crippen LogP contribution < -0.4 is 4.74 Å². The zero-order valence-electron chi connectivity index (χ0n) is 9.53. The molecule has 6 heteroatoms. The fraction of sp³-hybridized carbons (Fsp3) is 0.0769. The summed E-state index contributed by atoms with van der Waals surface area (Å²) in [5, 5.41) is 8.58. The van der Waals surface area contributed by atoms with E-state index in [0.29, 0.717) is 0 Å². The van der Waals surface area contributed by atoms with Crippen LogP contribution in [0.15, 0.2) is 30.3 Å². The lowest BCUT2D eigenvalue weighted by Crippen LogP contribution is -2.01. The summed E-state index contributed by atoms with van der Waals surface area (Å²) in [7, 11) is 0. The molecule has 0 fully saturated rings. The second-order valence-corrected chi connectivity index (χ2v) is 3.63. The van der Waals surface area contributed by atoms with Gasteiger partial charge in [0.15, 0.2) is 5.82 Å². The number of aromatic nitrogens is 1. The number of hydrogen-bond acceptors (Lipinski definition) is 3. The predicted molar refractivity (Wildman–Crippen MR) is 59.6 cm³/mol. The lowest BCUT2D eigenvalue weighted by atomic mass is 10.1. The van der Waals surface area contributed by atoms with Crippen molar-refractivity contribution in [3.05, 3.63) is 59.0 Å². The van der Waals surface area contributed by atoms with E-state index >= 15 is 0 Å². The maximum atomic E-state index is 13.5. The van der Waals surface area contributed by atoms with Crippen molar-refractivity contribution in [2.75, 3.05) is 0 Å². The van der Waals surface area contributed by atoms with Crippen molar-refractivity contribution < 1.29 is 17.9 Å². The number of hydrogen-bond donors (Lipinski definition) is 0. The van der Waals surface area contributed by atoms with Crippen molar-refractivity contribution in [3.63, 3.8) is 0 Å². The molecule has 0 unspecified atom stereocenters. The minimum atomic E-state index is -1.28. The van der Waals surface area contributed by atoms with Crippen LogP contribution in [0.4, 0.5) is 13.2 Å². The van der Waals surface area contributed by atoms with E-state index in [1.807, 2.05) is 0 Å². The fourth-order valence-electron chi connectivity index (χ4n) is 1.37. The zero-order chi connectivity index (χ0) is 13.8. The van der Waals surface area contributed by atoms with Gasteiger partial charge in [-0.05, 0) is 18.2 Å². The van der Waals surface area contributed by atoms with Crippen molar-refractivity contribution in [2.45, 2.75) is 6.61 Å². The van der Waals surface area contributed by atoms with Crippen LogP contribution in [0.2, 0.25) is 0 Å². The van der Waals surface area contributed by atoms with Crippen LogP contribution in [0.1, 0.15) is 11.1 Å². The predicted octanol–water partition coefficient (Wildman–Crippen LogP) is 2.95. The molecule has 1 aromatic carbocycles. The Hall–Kier alpha value is -2.55. The molecule has 0 saturated heterocycles. The monoisotopic (exact) mass is 264 g/mol. The average molecular weight is 264 g/mol. The van der Waals surface area contributed by atoms with E-state index in [1.165, 1.54) is 12.1 Å². The third kappa shape index (κ3) is 3.01. The van der Waals surface area contributed by atoms with E-state index in [0.717, 1.165) is 18.2 Å². The van der Waals surface area contributed by atoms with Gasteiger partial charge in [0.1, 0.15) is 12.4 Å². The van der Waals surface area contributed by atoms with Crippen molar-refractivity contribution in [1.82, 2.24) is 4.98 Å². The Labute approximate surface area is 106 Å². The molecule has 0 radical (unpaired) electrons. The minimum absolute atomic E-state index is 0.150. The van der Waals surface area contributed by atoms with Gasteiger partial charge in [0.2, 0.25) is 5.88 Å².